The summed E-state index contributed by atoms with van der Waals surface area (Å²) in [5, 5.41) is 2.19. The number of hydrogen-bond donors (Lipinski definition) is 1. The second-order valence-electron chi connectivity index (χ2n) is 3.85. The Morgan fingerprint density at radius 1 is 1.24 bits per heavy atom. The van der Waals surface area contributed by atoms with E-state index in [0.29, 0.717) is 10.9 Å². The summed E-state index contributed by atoms with van der Waals surface area (Å²) in [6.07, 6.45) is 0. The third kappa shape index (κ3) is 4.33. The van der Waals surface area contributed by atoms with E-state index in [1.165, 1.54) is 0 Å². The lowest BCUT2D eigenvalue weighted by molar-refractivity contribution is -0.119. The molecule has 0 fully saturated rings. The van der Waals surface area contributed by atoms with Crippen molar-refractivity contribution in [2.45, 2.75) is 0 Å². The Bertz CT molecular complexity index is 690. The predicted molar refractivity (Wildman–Crippen MR) is 77.3 cm³/mol. The molecule has 0 saturated carbocycles. The van der Waals surface area contributed by atoms with Crippen LogP contribution in [0.25, 0.3) is 0 Å². The van der Waals surface area contributed by atoms with Crippen LogP contribution < -0.4 is 5.32 Å². The van der Waals surface area contributed by atoms with E-state index < -0.39 is 30.1 Å². The zero-order valence-corrected chi connectivity index (χ0v) is 12.8. The average Bonchev–Trinajstić information content (AvgIpc) is 2.86. The lowest BCUT2D eigenvalue weighted by Gasteiger charge is -2.06. The van der Waals surface area contributed by atoms with Crippen molar-refractivity contribution in [3.05, 3.63) is 50.6 Å². The van der Waals surface area contributed by atoms with E-state index in [9.17, 15) is 18.4 Å². The first kappa shape index (κ1) is 15.6. The molecule has 1 N–H and O–H groups in total. The van der Waals surface area contributed by atoms with E-state index in [1.54, 1.807) is 12.1 Å². The van der Waals surface area contributed by atoms with Crippen LogP contribution in [0.1, 0.15) is 9.67 Å². The molecule has 110 valence electrons. The van der Waals surface area contributed by atoms with Crippen molar-refractivity contribution >= 4 is 44.8 Å². The number of hydrogen-bond acceptors (Lipinski definition) is 4. The first-order chi connectivity index (χ1) is 9.95. The fourth-order valence-corrected chi connectivity index (χ4v) is 2.68. The van der Waals surface area contributed by atoms with Gasteiger partial charge >= 0.3 is 5.97 Å². The van der Waals surface area contributed by atoms with E-state index in [2.05, 4.69) is 21.2 Å². The van der Waals surface area contributed by atoms with Gasteiger partial charge < -0.3 is 10.1 Å². The van der Waals surface area contributed by atoms with Crippen LogP contribution in [0, 0.1) is 11.6 Å². The van der Waals surface area contributed by atoms with Gasteiger partial charge in [-0.1, -0.05) is 0 Å². The van der Waals surface area contributed by atoms with Gasteiger partial charge in [0.2, 0.25) is 0 Å². The summed E-state index contributed by atoms with van der Waals surface area (Å²) < 4.78 is 31.6. The van der Waals surface area contributed by atoms with Gasteiger partial charge in [-0.25, -0.2) is 13.6 Å². The minimum Gasteiger partial charge on any atom is -0.451 e. The van der Waals surface area contributed by atoms with Crippen molar-refractivity contribution in [3.63, 3.8) is 0 Å². The Morgan fingerprint density at radius 2 is 2.00 bits per heavy atom. The highest BCUT2D eigenvalue weighted by Crippen LogP contribution is 2.22. The Labute approximate surface area is 130 Å². The molecule has 0 atom stereocenters. The largest absolute Gasteiger partial charge is 0.451 e. The number of esters is 1. The quantitative estimate of drug-likeness (QED) is 0.830. The molecular formula is C13H8BrF2NO3S. The molecule has 2 rings (SSSR count). The molecule has 0 unspecified atom stereocenters. The van der Waals surface area contributed by atoms with Gasteiger partial charge in [-0.2, -0.15) is 0 Å². The standard InChI is InChI=1S/C13H8BrF2NO3S/c14-11-4-3-10(21-11)13(19)20-6-12(18)17-9-2-1-7(15)5-8(9)16/h1-5H,6H2,(H,17,18). The molecule has 1 aromatic carbocycles. The van der Waals surface area contributed by atoms with Gasteiger partial charge in [0, 0.05) is 6.07 Å². The smallest absolute Gasteiger partial charge is 0.348 e. The van der Waals surface area contributed by atoms with Gasteiger partial charge in [0.25, 0.3) is 5.91 Å². The average molecular weight is 376 g/mol. The zero-order chi connectivity index (χ0) is 15.4. The molecule has 0 bridgehead atoms. The minimum absolute atomic E-state index is 0.184. The van der Waals surface area contributed by atoms with E-state index in [1.807, 2.05) is 0 Å². The minimum atomic E-state index is -0.906. The van der Waals surface area contributed by atoms with Gasteiger partial charge in [-0.05, 0) is 40.2 Å². The number of halogens is 3. The number of ether oxygens (including phenoxy) is 1. The molecule has 0 aliphatic rings. The summed E-state index contributed by atoms with van der Waals surface area (Å²) in [4.78, 5) is 23.5. The Hall–Kier alpha value is -1.80. The Kier molecular flexibility index (Phi) is 5.03. The first-order valence-electron chi connectivity index (χ1n) is 5.63. The maximum atomic E-state index is 13.3. The maximum Gasteiger partial charge on any atom is 0.348 e. The molecule has 4 nitrogen and oxygen atoms in total. The topological polar surface area (TPSA) is 55.4 Å². The van der Waals surface area contributed by atoms with Crippen molar-refractivity contribution in [2.24, 2.45) is 0 Å². The summed E-state index contributed by atoms with van der Waals surface area (Å²) in [5.41, 5.74) is -0.184. The molecule has 2 aromatic rings. The van der Waals surface area contributed by atoms with Gasteiger partial charge in [0.15, 0.2) is 6.61 Å². The Morgan fingerprint density at radius 3 is 2.62 bits per heavy atom. The molecule has 0 saturated heterocycles. The maximum absolute atomic E-state index is 13.3. The van der Waals surface area contributed by atoms with Crippen LogP contribution >= 0.6 is 27.3 Å². The summed E-state index contributed by atoms with van der Waals surface area (Å²) in [6.45, 7) is -0.564. The lowest BCUT2D eigenvalue weighted by atomic mass is 10.3. The number of carbonyl (C=O) groups is 2. The zero-order valence-electron chi connectivity index (χ0n) is 10.4. The van der Waals surface area contributed by atoms with Crippen molar-refractivity contribution in [1.29, 1.82) is 0 Å². The van der Waals surface area contributed by atoms with E-state index in [4.69, 9.17) is 4.74 Å². The van der Waals surface area contributed by atoms with Crippen LogP contribution in [0.5, 0.6) is 0 Å². The van der Waals surface area contributed by atoms with Crippen molar-refractivity contribution < 1.29 is 23.1 Å². The van der Waals surface area contributed by atoms with Crippen LogP contribution in [0.2, 0.25) is 0 Å². The van der Waals surface area contributed by atoms with Crippen LogP contribution in [-0.2, 0) is 9.53 Å². The number of benzene rings is 1. The molecule has 1 amide bonds. The lowest BCUT2D eigenvalue weighted by Crippen LogP contribution is -2.21. The summed E-state index contributed by atoms with van der Waals surface area (Å²) >= 11 is 4.36. The molecule has 21 heavy (non-hydrogen) atoms. The van der Waals surface area contributed by atoms with Gasteiger partial charge in [-0.3, -0.25) is 4.79 Å². The van der Waals surface area contributed by atoms with Gasteiger partial charge in [0.05, 0.1) is 9.47 Å². The number of thiophene rings is 1. The molecule has 0 spiro atoms. The molecule has 0 aliphatic heterocycles. The third-order valence-corrected chi connectivity index (χ3v) is 3.92. The van der Waals surface area contributed by atoms with Crippen molar-refractivity contribution in [3.8, 4) is 0 Å². The van der Waals surface area contributed by atoms with Gasteiger partial charge in [-0.15, -0.1) is 11.3 Å². The molecule has 0 radical (unpaired) electrons. The first-order valence-corrected chi connectivity index (χ1v) is 7.24. The monoisotopic (exact) mass is 375 g/mol. The summed E-state index contributed by atoms with van der Waals surface area (Å²) in [6, 6.07) is 5.96. The second-order valence-corrected chi connectivity index (χ2v) is 6.32. The molecular weight excluding hydrogens is 368 g/mol. The summed E-state index contributed by atoms with van der Waals surface area (Å²) in [7, 11) is 0. The van der Waals surface area contributed by atoms with E-state index in [-0.39, 0.29) is 5.69 Å². The van der Waals surface area contributed by atoms with Gasteiger partial charge in [0.1, 0.15) is 16.5 Å². The molecule has 8 heteroatoms. The number of rotatable bonds is 4. The fourth-order valence-electron chi connectivity index (χ4n) is 1.40. The highest BCUT2D eigenvalue weighted by molar-refractivity contribution is 9.11. The fraction of sp³-hybridized carbons (Fsp3) is 0.0769. The second kappa shape index (κ2) is 6.77. The number of amides is 1. The van der Waals surface area contributed by atoms with Crippen LogP contribution in [-0.4, -0.2) is 18.5 Å². The normalized spacial score (nSPS) is 10.2. The third-order valence-electron chi connectivity index (χ3n) is 2.31. The van der Waals surface area contributed by atoms with Crippen LogP contribution in [0.15, 0.2) is 34.1 Å². The SMILES string of the molecule is O=C(COC(=O)c1ccc(Br)s1)Nc1ccc(F)cc1F. The Balaban J connectivity index is 1.89. The van der Waals surface area contributed by atoms with Crippen molar-refractivity contribution in [2.75, 3.05) is 11.9 Å². The van der Waals surface area contributed by atoms with Crippen LogP contribution in [0.4, 0.5) is 14.5 Å². The van der Waals surface area contributed by atoms with Crippen LogP contribution in [0.3, 0.4) is 0 Å². The van der Waals surface area contributed by atoms with E-state index in [0.717, 1.165) is 27.3 Å². The van der Waals surface area contributed by atoms with Crippen molar-refractivity contribution in [1.82, 2.24) is 0 Å². The highest BCUT2D eigenvalue weighted by atomic mass is 79.9. The molecule has 0 aliphatic carbocycles. The highest BCUT2D eigenvalue weighted by Gasteiger charge is 2.13. The predicted octanol–water partition coefficient (Wildman–Crippen LogP) is 3.58. The number of nitrogens with one attached hydrogen (secondary N) is 1. The molecule has 1 heterocycles. The number of anilines is 1. The summed E-state index contributed by atoms with van der Waals surface area (Å²) in [5.74, 6) is -3.03. The van der Waals surface area contributed by atoms with E-state index >= 15 is 0 Å². The molecule has 1 aromatic heterocycles. The number of carbonyl (C=O) groups excluding carboxylic acids is 2.